The standard InChI is InChI=1S/C9H6N.V/c1-2-4-9-7-10-6-5-8(9)3-1;/h2-7H;/q-1;. The van der Waals surface area contributed by atoms with Crippen LogP contribution in [0.5, 0.6) is 0 Å². The van der Waals surface area contributed by atoms with Gasteiger partial charge in [-0.2, -0.15) is 24.3 Å². The summed E-state index contributed by atoms with van der Waals surface area (Å²) in [6.45, 7) is 0. The molecule has 1 radical (unpaired) electrons. The van der Waals surface area contributed by atoms with Gasteiger partial charge in [-0.25, -0.2) is 0 Å². The average Bonchev–Trinajstić information content (AvgIpc) is 2.05. The SMILES string of the molecule is [V].[c-]1ccc2cnccc2c1. The van der Waals surface area contributed by atoms with Crippen LogP contribution in [0.2, 0.25) is 0 Å². The quantitative estimate of drug-likeness (QED) is 0.564. The maximum atomic E-state index is 4.00. The zero-order valence-corrected chi connectivity index (χ0v) is 7.26. The van der Waals surface area contributed by atoms with Crippen molar-refractivity contribution in [1.29, 1.82) is 0 Å². The Labute approximate surface area is 77.3 Å². The van der Waals surface area contributed by atoms with Gasteiger partial charge in [0.25, 0.3) is 0 Å². The normalized spacial score (nSPS) is 9.09. The van der Waals surface area contributed by atoms with E-state index >= 15 is 0 Å². The van der Waals surface area contributed by atoms with Crippen molar-refractivity contribution in [2.24, 2.45) is 0 Å². The molecule has 0 aliphatic rings. The molecule has 0 saturated heterocycles. The van der Waals surface area contributed by atoms with Gasteiger partial charge in [0.05, 0.1) is 0 Å². The van der Waals surface area contributed by atoms with Crippen LogP contribution in [0.4, 0.5) is 0 Å². The predicted molar refractivity (Wildman–Crippen MR) is 40.6 cm³/mol. The van der Waals surface area contributed by atoms with Crippen LogP contribution < -0.4 is 0 Å². The van der Waals surface area contributed by atoms with Crippen molar-refractivity contribution in [3.05, 3.63) is 42.7 Å². The first-order valence-corrected chi connectivity index (χ1v) is 3.17. The van der Waals surface area contributed by atoms with Gasteiger partial charge in [-0.3, -0.25) is 4.98 Å². The molecule has 0 amide bonds. The number of benzene rings is 1. The second kappa shape index (κ2) is 3.56. The smallest absolute Gasteiger partial charge is 0.0151 e. The van der Waals surface area contributed by atoms with Gasteiger partial charge in [-0.15, -0.1) is 10.8 Å². The number of pyridine rings is 1. The van der Waals surface area contributed by atoms with E-state index < -0.39 is 0 Å². The fourth-order valence-electron chi connectivity index (χ4n) is 0.964. The average molecular weight is 179 g/mol. The third-order valence-corrected chi connectivity index (χ3v) is 1.49. The Morgan fingerprint density at radius 2 is 2.09 bits per heavy atom. The van der Waals surface area contributed by atoms with Crippen LogP contribution in [-0.2, 0) is 18.6 Å². The Morgan fingerprint density at radius 1 is 1.18 bits per heavy atom. The molecule has 53 valence electrons. The predicted octanol–water partition coefficient (Wildman–Crippen LogP) is 2.03. The largest absolute Gasteiger partial charge is 0.267 e. The summed E-state index contributed by atoms with van der Waals surface area (Å²) in [5, 5.41) is 2.36. The minimum Gasteiger partial charge on any atom is -0.267 e. The fraction of sp³-hybridized carbons (Fsp3) is 0. The van der Waals surface area contributed by atoms with Gasteiger partial charge in [0, 0.05) is 30.9 Å². The Hall–Kier alpha value is -0.786. The van der Waals surface area contributed by atoms with Crippen molar-refractivity contribution >= 4 is 10.8 Å². The molecular weight excluding hydrogens is 173 g/mol. The molecule has 0 aliphatic heterocycles. The van der Waals surface area contributed by atoms with Crippen molar-refractivity contribution in [3.8, 4) is 0 Å². The van der Waals surface area contributed by atoms with Crippen molar-refractivity contribution in [2.45, 2.75) is 0 Å². The van der Waals surface area contributed by atoms with E-state index in [1.54, 1.807) is 6.20 Å². The number of fused-ring (bicyclic) bond motifs is 1. The summed E-state index contributed by atoms with van der Waals surface area (Å²) >= 11 is 0. The molecule has 1 heterocycles. The third-order valence-electron chi connectivity index (χ3n) is 1.49. The number of hydrogen-bond donors (Lipinski definition) is 0. The minimum atomic E-state index is 0. The maximum Gasteiger partial charge on any atom is 0.0151 e. The molecule has 0 bridgehead atoms. The zero-order valence-electron chi connectivity index (χ0n) is 5.86. The summed E-state index contributed by atoms with van der Waals surface area (Å²) in [7, 11) is 0. The molecule has 2 heteroatoms. The molecule has 11 heavy (non-hydrogen) atoms. The fourth-order valence-corrected chi connectivity index (χ4v) is 0.964. The van der Waals surface area contributed by atoms with E-state index in [1.807, 2.05) is 30.5 Å². The Balaban J connectivity index is 0.000000605. The Kier molecular flexibility index (Phi) is 2.69. The summed E-state index contributed by atoms with van der Waals surface area (Å²) < 4.78 is 0. The van der Waals surface area contributed by atoms with E-state index in [0.29, 0.717) is 0 Å². The number of hydrogen-bond acceptors (Lipinski definition) is 1. The molecule has 0 atom stereocenters. The zero-order chi connectivity index (χ0) is 6.81. The summed E-state index contributed by atoms with van der Waals surface area (Å²) in [6.07, 6.45) is 3.64. The Morgan fingerprint density at radius 3 is 2.91 bits per heavy atom. The van der Waals surface area contributed by atoms with Crippen molar-refractivity contribution in [1.82, 2.24) is 4.98 Å². The van der Waals surface area contributed by atoms with Crippen LogP contribution in [0.25, 0.3) is 10.8 Å². The Bertz CT molecular complexity index is 281. The second-order valence-corrected chi connectivity index (χ2v) is 2.15. The number of aromatic nitrogens is 1. The van der Waals surface area contributed by atoms with Gasteiger partial charge in [0.1, 0.15) is 0 Å². The molecule has 2 aromatic rings. The van der Waals surface area contributed by atoms with Gasteiger partial charge < -0.3 is 0 Å². The van der Waals surface area contributed by atoms with Crippen LogP contribution in [0.15, 0.2) is 36.7 Å². The molecule has 0 unspecified atom stereocenters. The number of nitrogens with zero attached hydrogens (tertiary/aromatic N) is 1. The van der Waals surface area contributed by atoms with Gasteiger partial charge in [-0.1, -0.05) is 6.07 Å². The van der Waals surface area contributed by atoms with E-state index in [0.717, 1.165) is 0 Å². The van der Waals surface area contributed by atoms with E-state index in [1.165, 1.54) is 10.8 Å². The van der Waals surface area contributed by atoms with E-state index in [2.05, 4.69) is 11.1 Å². The van der Waals surface area contributed by atoms with Crippen molar-refractivity contribution in [2.75, 3.05) is 0 Å². The first-order valence-electron chi connectivity index (χ1n) is 3.17. The van der Waals surface area contributed by atoms with E-state index in [4.69, 9.17) is 0 Å². The van der Waals surface area contributed by atoms with E-state index in [-0.39, 0.29) is 18.6 Å². The molecule has 1 aromatic carbocycles. The van der Waals surface area contributed by atoms with Crippen LogP contribution in [0, 0.1) is 6.07 Å². The van der Waals surface area contributed by atoms with Crippen LogP contribution in [0.3, 0.4) is 0 Å². The summed E-state index contributed by atoms with van der Waals surface area (Å²) in [5.74, 6) is 0. The first kappa shape index (κ1) is 8.31. The number of rotatable bonds is 0. The van der Waals surface area contributed by atoms with Crippen molar-refractivity contribution < 1.29 is 18.6 Å². The topological polar surface area (TPSA) is 12.9 Å². The molecule has 2 rings (SSSR count). The van der Waals surface area contributed by atoms with Crippen LogP contribution in [0.1, 0.15) is 0 Å². The minimum absolute atomic E-state index is 0. The first-order chi connectivity index (χ1) is 4.97. The molecule has 0 N–H and O–H groups in total. The van der Waals surface area contributed by atoms with Gasteiger partial charge in [0.15, 0.2) is 0 Å². The molecule has 1 nitrogen and oxygen atoms in total. The molecule has 1 aromatic heterocycles. The van der Waals surface area contributed by atoms with E-state index in [9.17, 15) is 0 Å². The maximum absolute atomic E-state index is 4.00. The molecule has 0 fully saturated rings. The molecular formula is C9H6NV-. The summed E-state index contributed by atoms with van der Waals surface area (Å²) in [4.78, 5) is 4.00. The van der Waals surface area contributed by atoms with Gasteiger partial charge in [0.2, 0.25) is 0 Å². The van der Waals surface area contributed by atoms with Crippen LogP contribution >= 0.6 is 0 Å². The molecule has 0 spiro atoms. The van der Waals surface area contributed by atoms with Gasteiger partial charge in [-0.05, 0) is 0 Å². The van der Waals surface area contributed by atoms with Crippen molar-refractivity contribution in [3.63, 3.8) is 0 Å². The molecule has 0 saturated carbocycles. The van der Waals surface area contributed by atoms with Crippen LogP contribution in [-0.4, -0.2) is 4.98 Å². The molecule has 0 aliphatic carbocycles. The third kappa shape index (κ3) is 1.62. The second-order valence-electron chi connectivity index (χ2n) is 2.15. The van der Waals surface area contributed by atoms with Gasteiger partial charge >= 0.3 is 0 Å². The monoisotopic (exact) mass is 179 g/mol. The summed E-state index contributed by atoms with van der Waals surface area (Å²) in [5.41, 5.74) is 0. The summed E-state index contributed by atoms with van der Waals surface area (Å²) in [6, 6.07) is 10.8.